The fourth-order valence-corrected chi connectivity index (χ4v) is 5.09. The van der Waals surface area contributed by atoms with Gasteiger partial charge in [-0.3, -0.25) is 0 Å². The molecule has 5 rings (SSSR count). The van der Waals surface area contributed by atoms with E-state index in [4.69, 9.17) is 0 Å². The fraction of sp³-hybridized carbons (Fsp3) is 0. The molecule has 0 saturated heterocycles. The van der Waals surface area contributed by atoms with E-state index in [1.165, 1.54) is 0 Å². The van der Waals surface area contributed by atoms with Crippen LogP contribution in [0.4, 0.5) is 0 Å². The van der Waals surface area contributed by atoms with Gasteiger partial charge in [0.25, 0.3) is 0 Å². The van der Waals surface area contributed by atoms with E-state index in [-0.39, 0.29) is 0 Å². The summed E-state index contributed by atoms with van der Waals surface area (Å²) < 4.78 is 32.6. The van der Waals surface area contributed by atoms with Crippen molar-refractivity contribution in [2.75, 3.05) is 0 Å². The standard InChI is InChI=1S/C20H11N4.Fe.HO3S/c1-2-14-10-16-5-6-18(23-16)12-20-8-7-19(24-20)11-17-4-3-15(22-17)9-13(1)21-14;;1-4(2)3/h1-7,9-12H;;(H,1,2,3). The predicted molar refractivity (Wildman–Crippen MR) is 109 cm³/mol. The van der Waals surface area contributed by atoms with Crippen LogP contribution in [0, 0.1) is 0 Å². The van der Waals surface area contributed by atoms with Crippen LogP contribution in [-0.2, 0) is 22.4 Å². The summed E-state index contributed by atoms with van der Waals surface area (Å²) in [6.45, 7) is 0. The quantitative estimate of drug-likeness (QED) is 0.523. The molecule has 8 bridgehead atoms. The fourth-order valence-electron chi connectivity index (χ4n) is 3.01. The van der Waals surface area contributed by atoms with Crippen LogP contribution < -0.4 is 0 Å². The van der Waals surface area contributed by atoms with Crippen LogP contribution in [0.5, 0.6) is 0 Å². The van der Waals surface area contributed by atoms with Gasteiger partial charge < -0.3 is 0 Å². The molecule has 0 aromatic rings. The van der Waals surface area contributed by atoms with Gasteiger partial charge in [0.2, 0.25) is 0 Å². The van der Waals surface area contributed by atoms with Crippen molar-refractivity contribution >= 4 is 31.4 Å². The average Bonchev–Trinajstić information content (AvgIpc) is 3.39. The molecule has 1 N–H and O–H groups in total. The van der Waals surface area contributed by atoms with E-state index in [9.17, 15) is 13.0 Å². The van der Waals surface area contributed by atoms with Gasteiger partial charge in [0.15, 0.2) is 0 Å². The van der Waals surface area contributed by atoms with Crippen LogP contribution in [0.15, 0.2) is 114 Å². The van der Waals surface area contributed by atoms with Crippen molar-refractivity contribution < 1.29 is 26.8 Å². The molecular formula is C20H12FeN4O3S. The van der Waals surface area contributed by atoms with Gasteiger partial charge in [-0.2, -0.15) is 0 Å². The van der Waals surface area contributed by atoms with Crippen molar-refractivity contribution in [3.63, 3.8) is 0 Å². The second-order valence-electron chi connectivity index (χ2n) is 6.33. The van der Waals surface area contributed by atoms with Crippen molar-refractivity contribution in [3.05, 3.63) is 94.1 Å². The maximum atomic E-state index is 11.4. The Bertz CT molecular complexity index is 1330. The number of allylic oxidation sites excluding steroid dienone is 12. The first kappa shape index (κ1) is 18.1. The zero-order valence-electron chi connectivity index (χ0n) is 14.7. The van der Waals surface area contributed by atoms with Crippen LogP contribution in [0.3, 0.4) is 0 Å². The molecule has 0 amide bonds. The van der Waals surface area contributed by atoms with E-state index < -0.39 is 22.4 Å². The number of rotatable bonds is 2. The molecule has 0 spiro atoms. The summed E-state index contributed by atoms with van der Waals surface area (Å²) in [6.07, 6.45) is 20.1. The molecular weight excluding hydrogens is 432 g/mol. The maximum absolute atomic E-state index is 11.4. The topological polar surface area (TPSA) is 104 Å². The van der Waals surface area contributed by atoms with E-state index in [1.807, 2.05) is 48.6 Å². The molecule has 144 valence electrons. The molecule has 0 saturated carbocycles. The Balaban J connectivity index is 1.64. The molecule has 5 aliphatic heterocycles. The summed E-state index contributed by atoms with van der Waals surface area (Å²) in [4.78, 5) is 18.1. The van der Waals surface area contributed by atoms with Gasteiger partial charge in [0, 0.05) is 0 Å². The normalized spacial score (nSPS) is 21.9. The van der Waals surface area contributed by atoms with Crippen LogP contribution in [0.2, 0.25) is 0 Å². The summed E-state index contributed by atoms with van der Waals surface area (Å²) in [5, 5.41) is 0. The third-order valence-electron chi connectivity index (χ3n) is 4.15. The van der Waals surface area contributed by atoms with Crippen LogP contribution in [-0.4, -0.2) is 35.8 Å². The Morgan fingerprint density at radius 1 is 0.621 bits per heavy atom. The molecule has 7 nitrogen and oxygen atoms in total. The van der Waals surface area contributed by atoms with Gasteiger partial charge in [-0.1, -0.05) is 0 Å². The number of fused-ring (bicyclic) bond motifs is 4. The van der Waals surface area contributed by atoms with Crippen LogP contribution >= 0.6 is 0 Å². The van der Waals surface area contributed by atoms with E-state index in [0.717, 1.165) is 22.8 Å². The third kappa shape index (κ3) is 4.08. The number of aliphatic imine (C=N–C) groups is 4. The summed E-state index contributed by atoms with van der Waals surface area (Å²) in [5.41, 5.74) is 5.41. The molecule has 0 fully saturated rings. The Labute approximate surface area is 172 Å². The Morgan fingerprint density at radius 3 is 1.62 bits per heavy atom. The van der Waals surface area contributed by atoms with E-state index in [2.05, 4.69) is 20.0 Å². The summed E-state index contributed by atoms with van der Waals surface area (Å²) in [6, 6.07) is 0. The molecule has 5 heterocycles. The van der Waals surface area contributed by atoms with Gasteiger partial charge in [-0.25, -0.2) is 0 Å². The average molecular weight is 444 g/mol. The van der Waals surface area contributed by atoms with E-state index in [1.54, 1.807) is 18.2 Å². The minimum absolute atomic E-state index is 0.400. The number of hydrogen-bond donors (Lipinski definition) is 1. The molecule has 0 radical (unpaired) electrons. The van der Waals surface area contributed by atoms with E-state index >= 15 is 0 Å². The third-order valence-corrected chi connectivity index (χ3v) is 6.51. The zero-order valence-corrected chi connectivity index (χ0v) is 16.6. The van der Waals surface area contributed by atoms with Gasteiger partial charge in [-0.15, -0.1) is 0 Å². The van der Waals surface area contributed by atoms with Crippen molar-refractivity contribution in [2.45, 2.75) is 0 Å². The van der Waals surface area contributed by atoms with Crippen molar-refractivity contribution in [3.8, 4) is 0 Å². The molecule has 0 aromatic carbocycles. The van der Waals surface area contributed by atoms with Crippen LogP contribution in [0.1, 0.15) is 0 Å². The Hall–Kier alpha value is -2.97. The molecule has 5 aliphatic rings. The molecule has 29 heavy (non-hydrogen) atoms. The molecule has 0 aromatic heterocycles. The van der Waals surface area contributed by atoms with E-state index in [0.29, 0.717) is 27.3 Å². The monoisotopic (exact) mass is 444 g/mol. The first-order chi connectivity index (χ1) is 13.9. The first-order valence-corrected chi connectivity index (χ1v) is 11.7. The molecule has 0 unspecified atom stereocenters. The summed E-state index contributed by atoms with van der Waals surface area (Å²) >= 11 is -0.521. The molecule has 0 aliphatic carbocycles. The second-order valence-corrected chi connectivity index (χ2v) is 10.3. The van der Waals surface area contributed by atoms with Crippen molar-refractivity contribution in [1.29, 1.82) is 0 Å². The first-order valence-electron chi connectivity index (χ1n) is 8.49. The Morgan fingerprint density at radius 2 is 1.10 bits per heavy atom. The van der Waals surface area contributed by atoms with Crippen molar-refractivity contribution in [1.82, 2.24) is 0 Å². The molecule has 9 heteroatoms. The van der Waals surface area contributed by atoms with Gasteiger partial charge in [-0.05, 0) is 0 Å². The van der Waals surface area contributed by atoms with Gasteiger partial charge in [0.05, 0.1) is 0 Å². The minimum atomic E-state index is -4.20. The molecule has 0 atom stereocenters. The van der Waals surface area contributed by atoms with Gasteiger partial charge >= 0.3 is 172 Å². The van der Waals surface area contributed by atoms with Crippen molar-refractivity contribution in [2.24, 2.45) is 20.0 Å². The van der Waals surface area contributed by atoms with Crippen LogP contribution in [0.25, 0.3) is 0 Å². The Kier molecular flexibility index (Phi) is 4.25. The summed E-state index contributed by atoms with van der Waals surface area (Å²) in [7, 11) is -4.20. The number of hydrogen-bond acceptors (Lipinski definition) is 6. The summed E-state index contributed by atoms with van der Waals surface area (Å²) in [5.74, 6) is 0. The predicted octanol–water partition coefficient (Wildman–Crippen LogP) is 2.79. The SMILES string of the molecule is O=[S](=O)(O)[Fe][C]1=CC2=CC3=NC(=CC4=NC(=CC5=NC(=CC1=N2)C=C5)C=C4)C=C3. The number of nitrogens with zero attached hydrogens (tertiary/aromatic N) is 4. The van der Waals surface area contributed by atoms with Gasteiger partial charge in [0.1, 0.15) is 0 Å². The second kappa shape index (κ2) is 6.82. The zero-order chi connectivity index (χ0) is 20.0.